The van der Waals surface area contributed by atoms with E-state index in [1.807, 2.05) is 13.8 Å². The molecule has 17 heavy (non-hydrogen) atoms. The van der Waals surface area contributed by atoms with Crippen LogP contribution in [0.1, 0.15) is 34.1 Å². The smallest absolute Gasteiger partial charge is 0.250 e. The summed E-state index contributed by atoms with van der Waals surface area (Å²) in [5, 5.41) is 0. The summed E-state index contributed by atoms with van der Waals surface area (Å²) in [5.74, 6) is -0.451. The number of methoxy groups -OCH3 is 1. The quantitative estimate of drug-likeness (QED) is 0.388. The lowest BCUT2D eigenvalue weighted by molar-refractivity contribution is 0.168. The normalized spacial score (nSPS) is 13.2. The van der Waals surface area contributed by atoms with Crippen LogP contribution in [0.15, 0.2) is 28.4 Å². The SMILES string of the molecule is CC/C=C(COCC)/C(F)=C(\N=C(C)C)OC. The average Bonchev–Trinajstić information content (AvgIpc) is 2.30. The fourth-order valence-corrected chi connectivity index (χ4v) is 1.20. The van der Waals surface area contributed by atoms with E-state index in [9.17, 15) is 4.39 Å². The maximum absolute atomic E-state index is 14.1. The van der Waals surface area contributed by atoms with Crippen LogP contribution in [-0.4, -0.2) is 26.0 Å². The Morgan fingerprint density at radius 2 is 1.94 bits per heavy atom. The van der Waals surface area contributed by atoms with Gasteiger partial charge in [0.2, 0.25) is 5.88 Å². The second kappa shape index (κ2) is 8.93. The molecule has 0 radical (unpaired) electrons. The van der Waals surface area contributed by atoms with E-state index < -0.39 is 5.83 Å². The van der Waals surface area contributed by atoms with Gasteiger partial charge in [0.15, 0.2) is 5.83 Å². The van der Waals surface area contributed by atoms with Crippen molar-refractivity contribution in [1.29, 1.82) is 0 Å². The Bertz CT molecular complexity index is 315. The monoisotopic (exact) mass is 243 g/mol. The predicted molar refractivity (Wildman–Crippen MR) is 68.8 cm³/mol. The van der Waals surface area contributed by atoms with Gasteiger partial charge in [-0.1, -0.05) is 13.0 Å². The minimum Gasteiger partial charge on any atom is -0.479 e. The summed E-state index contributed by atoms with van der Waals surface area (Å²) in [6.45, 7) is 8.18. The number of aliphatic imine (C=N–C) groups is 1. The van der Waals surface area contributed by atoms with Gasteiger partial charge in [-0.15, -0.1) is 0 Å². The Balaban J connectivity index is 5.13. The molecule has 0 aliphatic rings. The molecular formula is C13H22FNO2. The van der Waals surface area contributed by atoms with Gasteiger partial charge in [0.25, 0.3) is 0 Å². The van der Waals surface area contributed by atoms with Crippen molar-refractivity contribution in [2.24, 2.45) is 4.99 Å². The Morgan fingerprint density at radius 3 is 2.35 bits per heavy atom. The molecule has 0 heterocycles. The maximum Gasteiger partial charge on any atom is 0.250 e. The number of hydrogen-bond donors (Lipinski definition) is 0. The Labute approximate surface area is 103 Å². The van der Waals surface area contributed by atoms with Gasteiger partial charge in [-0.2, -0.15) is 0 Å². The molecule has 0 saturated heterocycles. The lowest BCUT2D eigenvalue weighted by Gasteiger charge is -2.08. The first-order valence-electron chi connectivity index (χ1n) is 5.79. The van der Waals surface area contributed by atoms with Crippen molar-refractivity contribution in [3.63, 3.8) is 0 Å². The van der Waals surface area contributed by atoms with Crippen molar-refractivity contribution in [3.8, 4) is 0 Å². The van der Waals surface area contributed by atoms with Crippen LogP contribution in [0.5, 0.6) is 0 Å². The van der Waals surface area contributed by atoms with Crippen LogP contribution in [0.3, 0.4) is 0 Å². The standard InChI is InChI=1S/C13H22FNO2/c1-6-8-11(9-17-7-2)12(14)13(16-5)15-10(3)4/h8H,6-7,9H2,1-5H3/b11-8+,13-12-. The summed E-state index contributed by atoms with van der Waals surface area (Å²) in [6, 6.07) is 0. The first kappa shape index (κ1) is 15.8. The van der Waals surface area contributed by atoms with Crippen molar-refractivity contribution < 1.29 is 13.9 Å². The van der Waals surface area contributed by atoms with Crippen LogP contribution in [0, 0.1) is 0 Å². The molecule has 98 valence electrons. The second-order valence-corrected chi connectivity index (χ2v) is 3.66. The van der Waals surface area contributed by atoms with Gasteiger partial charge in [-0.25, -0.2) is 9.38 Å². The molecule has 0 N–H and O–H groups in total. The van der Waals surface area contributed by atoms with E-state index in [0.717, 1.165) is 12.1 Å². The van der Waals surface area contributed by atoms with Crippen molar-refractivity contribution >= 4 is 5.71 Å². The minimum absolute atomic E-state index is 0.00408. The second-order valence-electron chi connectivity index (χ2n) is 3.66. The Kier molecular flexibility index (Phi) is 8.32. The van der Waals surface area contributed by atoms with E-state index >= 15 is 0 Å². The molecule has 0 fully saturated rings. The van der Waals surface area contributed by atoms with Crippen molar-refractivity contribution in [3.05, 3.63) is 23.4 Å². The van der Waals surface area contributed by atoms with Gasteiger partial charge < -0.3 is 9.47 Å². The highest BCUT2D eigenvalue weighted by atomic mass is 19.1. The van der Waals surface area contributed by atoms with Crippen molar-refractivity contribution in [1.82, 2.24) is 0 Å². The summed E-state index contributed by atoms with van der Waals surface area (Å²) >= 11 is 0. The molecule has 0 amide bonds. The van der Waals surface area contributed by atoms with E-state index in [1.165, 1.54) is 7.11 Å². The molecule has 0 aliphatic heterocycles. The fraction of sp³-hybridized carbons (Fsp3) is 0.615. The molecule has 0 unspecified atom stereocenters. The highest BCUT2D eigenvalue weighted by Gasteiger charge is 2.12. The number of rotatable bonds is 7. The molecule has 0 aromatic carbocycles. The lowest BCUT2D eigenvalue weighted by Crippen LogP contribution is -2.02. The minimum atomic E-state index is -0.455. The number of ether oxygens (including phenoxy) is 2. The van der Waals surface area contributed by atoms with E-state index in [2.05, 4.69) is 4.99 Å². The third-order valence-corrected chi connectivity index (χ3v) is 1.90. The first-order chi connectivity index (χ1) is 8.06. The van der Waals surface area contributed by atoms with Crippen molar-refractivity contribution in [2.45, 2.75) is 34.1 Å². The maximum atomic E-state index is 14.1. The van der Waals surface area contributed by atoms with Gasteiger partial charge in [-0.3, -0.25) is 0 Å². The molecule has 0 aromatic rings. The molecule has 0 aromatic heterocycles. The first-order valence-corrected chi connectivity index (χ1v) is 5.79. The van der Waals surface area contributed by atoms with Crippen LogP contribution in [0.2, 0.25) is 0 Å². The van der Waals surface area contributed by atoms with Gasteiger partial charge in [-0.05, 0) is 27.2 Å². The molecule has 0 bridgehead atoms. The van der Waals surface area contributed by atoms with Crippen LogP contribution in [-0.2, 0) is 9.47 Å². The summed E-state index contributed by atoms with van der Waals surface area (Å²) in [6.07, 6.45) is 2.52. The van der Waals surface area contributed by atoms with E-state index in [0.29, 0.717) is 12.2 Å². The van der Waals surface area contributed by atoms with Crippen LogP contribution < -0.4 is 0 Å². The molecule has 0 spiro atoms. The molecular weight excluding hydrogens is 221 g/mol. The third kappa shape index (κ3) is 6.22. The zero-order valence-electron chi connectivity index (χ0n) is 11.3. The van der Waals surface area contributed by atoms with Crippen LogP contribution >= 0.6 is 0 Å². The van der Waals surface area contributed by atoms with Gasteiger partial charge in [0, 0.05) is 17.9 Å². The number of allylic oxidation sites excluding steroid dienone is 1. The van der Waals surface area contributed by atoms with Crippen molar-refractivity contribution in [2.75, 3.05) is 20.3 Å². The van der Waals surface area contributed by atoms with Gasteiger partial charge >= 0.3 is 0 Å². The van der Waals surface area contributed by atoms with E-state index in [-0.39, 0.29) is 12.5 Å². The molecule has 4 heteroatoms. The van der Waals surface area contributed by atoms with E-state index in [4.69, 9.17) is 9.47 Å². The Hall–Kier alpha value is -1.16. The number of hydrogen-bond acceptors (Lipinski definition) is 3. The Morgan fingerprint density at radius 1 is 1.29 bits per heavy atom. The number of halogens is 1. The topological polar surface area (TPSA) is 30.8 Å². The summed E-state index contributed by atoms with van der Waals surface area (Å²) < 4.78 is 24.3. The average molecular weight is 243 g/mol. The largest absolute Gasteiger partial charge is 0.479 e. The molecule has 0 atom stereocenters. The summed E-state index contributed by atoms with van der Waals surface area (Å²) in [7, 11) is 1.41. The zero-order chi connectivity index (χ0) is 13.3. The third-order valence-electron chi connectivity index (χ3n) is 1.90. The molecule has 3 nitrogen and oxygen atoms in total. The lowest BCUT2D eigenvalue weighted by atomic mass is 10.2. The van der Waals surface area contributed by atoms with E-state index in [1.54, 1.807) is 19.9 Å². The summed E-state index contributed by atoms with van der Waals surface area (Å²) in [5.41, 5.74) is 1.22. The summed E-state index contributed by atoms with van der Waals surface area (Å²) in [4.78, 5) is 4.01. The molecule has 0 saturated carbocycles. The van der Waals surface area contributed by atoms with Gasteiger partial charge in [0.05, 0.1) is 13.7 Å². The number of nitrogens with zero attached hydrogens (tertiary/aromatic N) is 1. The predicted octanol–water partition coefficient (Wildman–Crippen LogP) is 3.63. The highest BCUT2D eigenvalue weighted by molar-refractivity contribution is 5.80. The highest BCUT2D eigenvalue weighted by Crippen LogP contribution is 2.19. The van der Waals surface area contributed by atoms with Gasteiger partial charge in [0.1, 0.15) is 0 Å². The zero-order valence-corrected chi connectivity index (χ0v) is 11.3. The fourth-order valence-electron chi connectivity index (χ4n) is 1.20. The molecule has 0 aliphatic carbocycles. The van der Waals surface area contributed by atoms with Crippen LogP contribution in [0.4, 0.5) is 4.39 Å². The van der Waals surface area contributed by atoms with Crippen LogP contribution in [0.25, 0.3) is 0 Å². The molecule has 0 rings (SSSR count).